The first-order valence-electron chi connectivity index (χ1n) is 6.73. The van der Waals surface area contributed by atoms with Crippen molar-refractivity contribution in [1.29, 1.82) is 0 Å². The molecule has 0 atom stereocenters. The normalized spacial score (nSPS) is 10.8. The molecule has 0 fully saturated rings. The van der Waals surface area contributed by atoms with Crippen LogP contribution in [0.15, 0.2) is 22.7 Å². The van der Waals surface area contributed by atoms with Crippen LogP contribution < -0.4 is 0 Å². The van der Waals surface area contributed by atoms with Gasteiger partial charge >= 0.3 is 0 Å². The fraction of sp³-hybridized carbons (Fsp3) is 0.533. The van der Waals surface area contributed by atoms with Gasteiger partial charge in [-0.2, -0.15) is 0 Å². The van der Waals surface area contributed by atoms with E-state index in [1.807, 2.05) is 25.1 Å². The third kappa shape index (κ3) is 3.80. The van der Waals surface area contributed by atoms with Gasteiger partial charge in [0.1, 0.15) is 0 Å². The average Bonchev–Trinajstić information content (AvgIpc) is 2.41. The lowest BCUT2D eigenvalue weighted by molar-refractivity contribution is 0.0621. The molecule has 3 nitrogen and oxygen atoms in total. The first-order valence-corrected chi connectivity index (χ1v) is 7.53. The number of carbonyl (C=O) groups excluding carboxylic acids is 1. The van der Waals surface area contributed by atoms with Crippen molar-refractivity contribution >= 4 is 21.8 Å². The van der Waals surface area contributed by atoms with E-state index in [1.54, 1.807) is 4.90 Å². The maximum Gasteiger partial charge on any atom is 0.254 e. The fourth-order valence-corrected chi connectivity index (χ4v) is 2.65. The molecule has 1 amide bonds. The molecule has 0 unspecified atom stereocenters. The number of nitrogens with zero attached hydrogens (tertiary/aromatic N) is 1. The molecule has 106 valence electrons. The summed E-state index contributed by atoms with van der Waals surface area (Å²) in [5.74, 6) is 0.00144. The molecule has 0 aromatic heterocycles. The molecule has 1 N–H and O–H groups in total. The Hall–Kier alpha value is -0.870. The maximum absolute atomic E-state index is 12.7. The number of carbonyl (C=O) groups is 1. The topological polar surface area (TPSA) is 40.5 Å². The van der Waals surface area contributed by atoms with E-state index in [-0.39, 0.29) is 18.6 Å². The highest BCUT2D eigenvalue weighted by Crippen LogP contribution is 2.22. The van der Waals surface area contributed by atoms with Crippen LogP contribution in [-0.2, 0) is 0 Å². The Balaban J connectivity index is 3.08. The summed E-state index contributed by atoms with van der Waals surface area (Å²) in [4.78, 5) is 14.4. The van der Waals surface area contributed by atoms with Gasteiger partial charge < -0.3 is 10.0 Å². The second kappa shape index (κ2) is 7.65. The molecule has 0 aliphatic heterocycles. The lowest BCUT2D eigenvalue weighted by Gasteiger charge is -2.30. The molecule has 0 bridgehead atoms. The first kappa shape index (κ1) is 16.2. The predicted molar refractivity (Wildman–Crippen MR) is 81.4 cm³/mol. The largest absolute Gasteiger partial charge is 0.395 e. The molecule has 0 aliphatic carbocycles. The van der Waals surface area contributed by atoms with E-state index in [1.165, 1.54) is 0 Å². The number of aliphatic hydroxyl groups excluding tert-OH is 1. The van der Waals surface area contributed by atoms with Gasteiger partial charge in [-0.3, -0.25) is 4.79 Å². The van der Waals surface area contributed by atoms with Gasteiger partial charge in [0.25, 0.3) is 5.91 Å². The Morgan fingerprint density at radius 2 is 2.00 bits per heavy atom. The van der Waals surface area contributed by atoms with Crippen molar-refractivity contribution in [2.45, 2.75) is 39.7 Å². The number of halogens is 1. The molecular formula is C15H22BrNO2. The van der Waals surface area contributed by atoms with Crippen LogP contribution in [0.25, 0.3) is 0 Å². The van der Waals surface area contributed by atoms with E-state index in [0.717, 1.165) is 22.9 Å². The summed E-state index contributed by atoms with van der Waals surface area (Å²) in [7, 11) is 0. The predicted octanol–water partition coefficient (Wildman–Crippen LogP) is 3.38. The molecule has 0 aliphatic rings. The quantitative estimate of drug-likeness (QED) is 0.870. The van der Waals surface area contributed by atoms with E-state index < -0.39 is 0 Å². The summed E-state index contributed by atoms with van der Waals surface area (Å²) in [6.07, 6.45) is 1.80. The SMILES string of the molecule is CCC(CC)N(CCO)C(=O)c1cccc(Br)c1C. The zero-order valence-electron chi connectivity index (χ0n) is 11.8. The van der Waals surface area contributed by atoms with Crippen LogP contribution >= 0.6 is 15.9 Å². The molecule has 0 saturated carbocycles. The van der Waals surface area contributed by atoms with Crippen molar-refractivity contribution in [3.63, 3.8) is 0 Å². The molecule has 0 saturated heterocycles. The van der Waals surface area contributed by atoms with Crippen LogP contribution in [-0.4, -0.2) is 35.1 Å². The number of benzene rings is 1. The van der Waals surface area contributed by atoms with Gasteiger partial charge in [0.2, 0.25) is 0 Å². The van der Waals surface area contributed by atoms with E-state index in [2.05, 4.69) is 29.8 Å². The Labute approximate surface area is 123 Å². The van der Waals surface area contributed by atoms with Gasteiger partial charge in [-0.05, 0) is 37.5 Å². The summed E-state index contributed by atoms with van der Waals surface area (Å²) in [6.45, 7) is 6.45. The van der Waals surface area contributed by atoms with Crippen molar-refractivity contribution in [1.82, 2.24) is 4.90 Å². The molecule has 1 aromatic carbocycles. The Morgan fingerprint density at radius 1 is 1.37 bits per heavy atom. The molecular weight excluding hydrogens is 306 g/mol. The van der Waals surface area contributed by atoms with Crippen molar-refractivity contribution in [2.24, 2.45) is 0 Å². The third-order valence-electron chi connectivity index (χ3n) is 3.48. The molecule has 19 heavy (non-hydrogen) atoms. The summed E-state index contributed by atoms with van der Waals surface area (Å²) < 4.78 is 0.937. The summed E-state index contributed by atoms with van der Waals surface area (Å²) >= 11 is 3.45. The smallest absolute Gasteiger partial charge is 0.254 e. The average molecular weight is 328 g/mol. The summed E-state index contributed by atoms with van der Waals surface area (Å²) in [6, 6.07) is 5.82. The molecule has 0 radical (unpaired) electrons. The highest BCUT2D eigenvalue weighted by molar-refractivity contribution is 9.10. The lowest BCUT2D eigenvalue weighted by atomic mass is 10.0. The fourth-order valence-electron chi connectivity index (χ4n) is 2.28. The standard InChI is InChI=1S/C15H22BrNO2/c1-4-12(5-2)17(9-10-18)15(19)13-7-6-8-14(16)11(13)3/h6-8,12,18H,4-5,9-10H2,1-3H3. The lowest BCUT2D eigenvalue weighted by Crippen LogP contribution is -2.41. The van der Waals surface area contributed by atoms with Crippen LogP contribution in [0.5, 0.6) is 0 Å². The number of hydrogen-bond acceptors (Lipinski definition) is 2. The van der Waals surface area contributed by atoms with Gasteiger partial charge in [0, 0.05) is 22.6 Å². The van der Waals surface area contributed by atoms with Crippen molar-refractivity contribution in [3.8, 4) is 0 Å². The zero-order valence-corrected chi connectivity index (χ0v) is 13.4. The summed E-state index contributed by atoms with van der Waals surface area (Å²) in [5.41, 5.74) is 1.65. The van der Waals surface area contributed by atoms with Crippen LogP contribution in [0, 0.1) is 6.92 Å². The van der Waals surface area contributed by atoms with Crippen molar-refractivity contribution in [3.05, 3.63) is 33.8 Å². The maximum atomic E-state index is 12.7. The van der Waals surface area contributed by atoms with Crippen molar-refractivity contribution < 1.29 is 9.90 Å². The Kier molecular flexibility index (Phi) is 6.52. The van der Waals surface area contributed by atoms with Crippen LogP contribution in [0.3, 0.4) is 0 Å². The third-order valence-corrected chi connectivity index (χ3v) is 4.34. The monoisotopic (exact) mass is 327 g/mol. The number of hydrogen-bond donors (Lipinski definition) is 1. The molecule has 0 heterocycles. The molecule has 4 heteroatoms. The minimum Gasteiger partial charge on any atom is -0.395 e. The minimum absolute atomic E-state index is 0.00144. The Bertz CT molecular complexity index is 430. The molecule has 1 rings (SSSR count). The van der Waals surface area contributed by atoms with Crippen molar-refractivity contribution in [2.75, 3.05) is 13.2 Å². The number of amides is 1. The van der Waals surface area contributed by atoms with Gasteiger partial charge in [0.05, 0.1) is 6.61 Å². The number of rotatable bonds is 6. The molecule has 0 spiro atoms. The van der Waals surface area contributed by atoms with E-state index in [4.69, 9.17) is 0 Å². The number of aliphatic hydroxyl groups is 1. The second-order valence-corrected chi connectivity index (χ2v) is 5.46. The Morgan fingerprint density at radius 3 is 2.53 bits per heavy atom. The van der Waals surface area contributed by atoms with Gasteiger partial charge in [-0.1, -0.05) is 35.8 Å². The second-order valence-electron chi connectivity index (χ2n) is 4.60. The van der Waals surface area contributed by atoms with Crippen LogP contribution in [0.2, 0.25) is 0 Å². The highest BCUT2D eigenvalue weighted by atomic mass is 79.9. The minimum atomic E-state index is -0.00467. The van der Waals surface area contributed by atoms with Gasteiger partial charge in [-0.15, -0.1) is 0 Å². The zero-order chi connectivity index (χ0) is 14.4. The van der Waals surface area contributed by atoms with Crippen LogP contribution in [0.4, 0.5) is 0 Å². The first-order chi connectivity index (χ1) is 9.06. The van der Waals surface area contributed by atoms with Gasteiger partial charge in [-0.25, -0.2) is 0 Å². The molecule has 1 aromatic rings. The van der Waals surface area contributed by atoms with E-state index in [0.29, 0.717) is 12.1 Å². The van der Waals surface area contributed by atoms with E-state index in [9.17, 15) is 9.90 Å². The van der Waals surface area contributed by atoms with Gasteiger partial charge in [0.15, 0.2) is 0 Å². The van der Waals surface area contributed by atoms with E-state index >= 15 is 0 Å². The summed E-state index contributed by atoms with van der Waals surface area (Å²) in [5, 5.41) is 9.19. The van der Waals surface area contributed by atoms with Crippen LogP contribution in [0.1, 0.15) is 42.6 Å². The highest BCUT2D eigenvalue weighted by Gasteiger charge is 2.23.